The predicted molar refractivity (Wildman–Crippen MR) is 109 cm³/mol. The largest absolute Gasteiger partial charge is 0.390 e. The maximum absolute atomic E-state index is 12.7. The quantitative estimate of drug-likeness (QED) is 0.697. The molecule has 2 heterocycles. The van der Waals surface area contributed by atoms with Crippen molar-refractivity contribution < 1.29 is 14.7 Å². The lowest BCUT2D eigenvalue weighted by Crippen LogP contribution is -2.40. The van der Waals surface area contributed by atoms with Crippen molar-refractivity contribution in [3.05, 3.63) is 30.0 Å². The van der Waals surface area contributed by atoms with Crippen LogP contribution >= 0.6 is 0 Å². The monoisotopic (exact) mass is 373 g/mol. The molecular formula is C21H31N3O3. The molecule has 1 aromatic carbocycles. The van der Waals surface area contributed by atoms with Crippen molar-refractivity contribution >= 4 is 28.9 Å². The normalized spacial score (nSPS) is 15.2. The number of carbonyl (C=O) groups is 2. The molecule has 2 aromatic rings. The topological polar surface area (TPSA) is 85.4 Å². The summed E-state index contributed by atoms with van der Waals surface area (Å²) in [5.74, 6) is 0.464. The Morgan fingerprint density at radius 3 is 2.56 bits per heavy atom. The number of carbonyl (C=O) groups excluding carboxylic acids is 2. The van der Waals surface area contributed by atoms with Gasteiger partial charge in [-0.05, 0) is 63.3 Å². The summed E-state index contributed by atoms with van der Waals surface area (Å²) >= 11 is 0. The van der Waals surface area contributed by atoms with Gasteiger partial charge in [-0.2, -0.15) is 0 Å². The lowest BCUT2D eigenvalue weighted by Gasteiger charge is -2.34. The number of hydrogen-bond donors (Lipinski definition) is 3. The number of fused-ring (bicyclic) bond motifs is 1. The molecule has 1 aliphatic rings. The first-order valence-corrected chi connectivity index (χ1v) is 9.70. The third kappa shape index (κ3) is 5.57. The van der Waals surface area contributed by atoms with Crippen molar-refractivity contribution in [2.24, 2.45) is 5.92 Å². The molecule has 0 unspecified atom stereocenters. The van der Waals surface area contributed by atoms with E-state index < -0.39 is 5.60 Å². The van der Waals surface area contributed by atoms with Crippen molar-refractivity contribution in [1.82, 2.24) is 9.88 Å². The predicted octanol–water partition coefficient (Wildman–Crippen LogP) is 3.78. The second kappa shape index (κ2) is 9.04. The minimum Gasteiger partial charge on any atom is -0.390 e. The zero-order chi connectivity index (χ0) is 20.0. The molecule has 148 valence electrons. The number of aromatic amines is 1. The van der Waals surface area contributed by atoms with E-state index in [1.807, 2.05) is 50.8 Å². The first-order valence-electron chi connectivity index (χ1n) is 9.70. The second-order valence-corrected chi connectivity index (χ2v) is 7.50. The van der Waals surface area contributed by atoms with Gasteiger partial charge in [0.05, 0.1) is 5.60 Å². The fraction of sp³-hybridized carbons (Fsp3) is 0.524. The molecule has 1 aliphatic heterocycles. The Labute approximate surface area is 160 Å². The number of piperidine rings is 1. The zero-order valence-electron chi connectivity index (χ0n) is 16.7. The molecule has 0 aliphatic carbocycles. The highest BCUT2D eigenvalue weighted by atomic mass is 16.3. The number of H-pyrrole nitrogens is 1. The van der Waals surface area contributed by atoms with E-state index in [9.17, 15) is 14.7 Å². The third-order valence-corrected chi connectivity index (χ3v) is 4.77. The molecule has 27 heavy (non-hydrogen) atoms. The van der Waals surface area contributed by atoms with Gasteiger partial charge in [-0.3, -0.25) is 9.59 Å². The maximum Gasteiger partial charge on any atom is 0.270 e. The van der Waals surface area contributed by atoms with Crippen LogP contribution in [-0.4, -0.2) is 46.0 Å². The fourth-order valence-electron chi connectivity index (χ4n) is 3.62. The summed E-state index contributed by atoms with van der Waals surface area (Å²) in [6, 6.07) is 7.32. The highest BCUT2D eigenvalue weighted by Crippen LogP contribution is 2.27. The number of amides is 2. The van der Waals surface area contributed by atoms with Gasteiger partial charge in [0.2, 0.25) is 6.41 Å². The van der Waals surface area contributed by atoms with Gasteiger partial charge in [-0.1, -0.05) is 13.8 Å². The molecule has 0 atom stereocenters. The minimum absolute atomic E-state index is 0.00260. The van der Waals surface area contributed by atoms with E-state index >= 15 is 0 Å². The van der Waals surface area contributed by atoms with Crippen molar-refractivity contribution in [1.29, 1.82) is 0 Å². The number of nitrogens with one attached hydrogen (secondary N) is 2. The van der Waals surface area contributed by atoms with Crippen LogP contribution in [0.4, 0.5) is 5.69 Å². The van der Waals surface area contributed by atoms with E-state index in [2.05, 4.69) is 10.3 Å². The second-order valence-electron chi connectivity index (χ2n) is 7.50. The van der Waals surface area contributed by atoms with Crippen molar-refractivity contribution in [3.8, 4) is 0 Å². The molecular weight excluding hydrogens is 342 g/mol. The summed E-state index contributed by atoms with van der Waals surface area (Å²) < 4.78 is 0. The van der Waals surface area contributed by atoms with Crippen LogP contribution in [0.25, 0.3) is 10.9 Å². The summed E-state index contributed by atoms with van der Waals surface area (Å²) in [6.45, 7) is 9.10. The number of likely N-dealkylation sites (tertiary alicyclic amines) is 1. The Kier molecular flexibility index (Phi) is 7.02. The van der Waals surface area contributed by atoms with Crippen LogP contribution in [0.15, 0.2) is 24.3 Å². The summed E-state index contributed by atoms with van der Waals surface area (Å²) in [4.78, 5) is 28.3. The fourth-order valence-corrected chi connectivity index (χ4v) is 3.62. The first-order chi connectivity index (χ1) is 12.9. The molecule has 3 rings (SSSR count). The number of anilines is 1. The van der Waals surface area contributed by atoms with Crippen LogP contribution in [-0.2, 0) is 4.79 Å². The molecule has 1 aromatic heterocycles. The minimum atomic E-state index is -0.652. The van der Waals surface area contributed by atoms with Crippen molar-refractivity contribution in [2.45, 2.75) is 52.6 Å². The molecule has 3 N–H and O–H groups in total. The molecule has 0 spiro atoms. The SMILES string of the molecule is CC.CC(C)(O)CC1CCN(C(=O)c2cc3cc(NC=O)ccc3[nH]2)CC1. The van der Waals surface area contributed by atoms with Crippen molar-refractivity contribution in [3.63, 3.8) is 0 Å². The third-order valence-electron chi connectivity index (χ3n) is 4.77. The number of aromatic nitrogens is 1. The van der Waals surface area contributed by atoms with Crippen LogP contribution in [0.5, 0.6) is 0 Å². The molecule has 0 saturated carbocycles. The molecule has 0 radical (unpaired) electrons. The smallest absolute Gasteiger partial charge is 0.270 e. The van der Waals surface area contributed by atoms with Gasteiger partial charge in [0.1, 0.15) is 5.69 Å². The number of aliphatic hydroxyl groups is 1. The Morgan fingerprint density at radius 1 is 1.30 bits per heavy atom. The summed E-state index contributed by atoms with van der Waals surface area (Å²) in [7, 11) is 0. The summed E-state index contributed by atoms with van der Waals surface area (Å²) in [5, 5.41) is 13.5. The average molecular weight is 373 g/mol. The van der Waals surface area contributed by atoms with Crippen LogP contribution in [0.1, 0.15) is 57.4 Å². The Balaban J connectivity index is 0.00000126. The summed E-state index contributed by atoms with van der Waals surface area (Å²) in [6.07, 6.45) is 3.25. The van der Waals surface area contributed by atoms with Crippen LogP contribution in [0.2, 0.25) is 0 Å². The molecule has 6 heteroatoms. The molecule has 1 saturated heterocycles. The molecule has 0 bridgehead atoms. The highest BCUT2D eigenvalue weighted by molar-refractivity contribution is 5.99. The highest BCUT2D eigenvalue weighted by Gasteiger charge is 2.27. The van der Waals surface area contributed by atoms with Gasteiger partial charge >= 0.3 is 0 Å². The molecule has 6 nitrogen and oxygen atoms in total. The molecule has 1 fully saturated rings. The number of nitrogens with zero attached hydrogens (tertiary/aromatic N) is 1. The molecule has 2 amide bonds. The Hall–Kier alpha value is -2.34. The number of benzene rings is 1. The van der Waals surface area contributed by atoms with E-state index in [1.54, 1.807) is 6.07 Å². The van der Waals surface area contributed by atoms with Crippen molar-refractivity contribution in [2.75, 3.05) is 18.4 Å². The van der Waals surface area contributed by atoms with Gasteiger partial charge in [0.25, 0.3) is 5.91 Å². The van der Waals surface area contributed by atoms with Gasteiger partial charge in [0, 0.05) is 29.7 Å². The maximum atomic E-state index is 12.7. The van der Waals surface area contributed by atoms with E-state index in [4.69, 9.17) is 0 Å². The summed E-state index contributed by atoms with van der Waals surface area (Å²) in [5.41, 5.74) is 1.49. The van der Waals surface area contributed by atoms with E-state index in [1.165, 1.54) is 0 Å². The lowest BCUT2D eigenvalue weighted by atomic mass is 9.86. The Bertz CT molecular complexity index is 769. The van der Waals surface area contributed by atoms with E-state index in [0.717, 1.165) is 30.2 Å². The van der Waals surface area contributed by atoms with Gasteiger partial charge in [-0.25, -0.2) is 0 Å². The average Bonchev–Trinajstić information content (AvgIpc) is 3.06. The first kappa shape index (κ1) is 21.0. The number of hydrogen-bond acceptors (Lipinski definition) is 3. The zero-order valence-corrected chi connectivity index (χ0v) is 16.7. The lowest BCUT2D eigenvalue weighted by molar-refractivity contribution is -0.105. The van der Waals surface area contributed by atoms with Crippen LogP contribution < -0.4 is 5.32 Å². The van der Waals surface area contributed by atoms with Gasteiger partial charge < -0.3 is 20.3 Å². The van der Waals surface area contributed by atoms with Crippen LogP contribution in [0.3, 0.4) is 0 Å². The van der Waals surface area contributed by atoms with Crippen LogP contribution in [0, 0.1) is 5.92 Å². The Morgan fingerprint density at radius 2 is 1.96 bits per heavy atom. The number of rotatable bonds is 5. The van der Waals surface area contributed by atoms with Gasteiger partial charge in [0.15, 0.2) is 0 Å². The van der Waals surface area contributed by atoms with Gasteiger partial charge in [-0.15, -0.1) is 0 Å². The van der Waals surface area contributed by atoms with E-state index in [0.29, 0.717) is 36.8 Å². The standard InChI is InChI=1S/C19H25N3O3.C2H6/c1-19(2,25)11-13-5-7-22(8-6-13)18(24)17-10-14-9-15(20-12-23)3-4-16(14)21-17;1-2/h3-4,9-10,12-13,21,25H,5-8,11H2,1-2H3,(H,20,23);1-2H3. The van der Waals surface area contributed by atoms with E-state index in [-0.39, 0.29) is 5.91 Å².